The van der Waals surface area contributed by atoms with Gasteiger partial charge in [0, 0.05) is 23.2 Å². The highest BCUT2D eigenvalue weighted by Gasteiger charge is 2.30. The summed E-state index contributed by atoms with van der Waals surface area (Å²) in [6, 6.07) is 0. The number of benzene rings is 2. The number of nitrogens with zero attached hydrogens (tertiary/aromatic N) is 2. The molecule has 2 aromatic carbocycles. The van der Waals surface area contributed by atoms with Gasteiger partial charge in [0.2, 0.25) is 0 Å². The van der Waals surface area contributed by atoms with Gasteiger partial charge in [0.15, 0.2) is 0 Å². The third-order valence-electron chi connectivity index (χ3n) is 8.40. The standard InChI is InChI=1S/C29H38N2/c1-15-13-30(27-23(9)19(5)17(3)21(7)25(15)27)29(11,12)31-14-16(2)26-22(8)18(4)20(6)24(10)28(26)31/h13-14H,1-12H3. The summed E-state index contributed by atoms with van der Waals surface area (Å²) in [7, 11) is 0. The minimum absolute atomic E-state index is 0.239. The maximum Gasteiger partial charge on any atom is 0.115 e. The van der Waals surface area contributed by atoms with Gasteiger partial charge in [0.1, 0.15) is 5.66 Å². The van der Waals surface area contributed by atoms with Crippen molar-refractivity contribution in [2.24, 2.45) is 0 Å². The SMILES string of the molecule is Cc1c(C)c(C)c2c(c(C)cn2C(C)(C)n2cc(C)c3c(C)c(C)c(C)c(C)c32)c1C. The highest BCUT2D eigenvalue weighted by atomic mass is 15.3. The molecule has 0 amide bonds. The van der Waals surface area contributed by atoms with Crippen molar-refractivity contribution in [2.45, 2.75) is 88.7 Å². The molecule has 0 atom stereocenters. The summed E-state index contributed by atoms with van der Waals surface area (Å²) >= 11 is 0. The minimum atomic E-state index is -0.239. The lowest BCUT2D eigenvalue weighted by Gasteiger charge is -2.33. The van der Waals surface area contributed by atoms with Crippen LogP contribution < -0.4 is 0 Å². The van der Waals surface area contributed by atoms with Crippen LogP contribution in [0.4, 0.5) is 0 Å². The van der Waals surface area contributed by atoms with Gasteiger partial charge in [-0.05, 0) is 139 Å². The Morgan fingerprint density at radius 3 is 1.06 bits per heavy atom. The van der Waals surface area contributed by atoms with Crippen LogP contribution in [-0.2, 0) is 5.66 Å². The molecular formula is C29H38N2. The van der Waals surface area contributed by atoms with Gasteiger partial charge in [0.05, 0.1) is 11.0 Å². The molecule has 2 heteroatoms. The van der Waals surface area contributed by atoms with Gasteiger partial charge >= 0.3 is 0 Å². The van der Waals surface area contributed by atoms with Crippen molar-refractivity contribution in [3.8, 4) is 0 Å². The van der Waals surface area contributed by atoms with Gasteiger partial charge in [-0.2, -0.15) is 0 Å². The Labute approximate surface area is 187 Å². The second-order valence-electron chi connectivity index (χ2n) is 10.3. The Morgan fingerprint density at radius 2 is 0.742 bits per heavy atom. The van der Waals surface area contributed by atoms with Crippen LogP contribution in [0.25, 0.3) is 21.8 Å². The number of aromatic nitrogens is 2. The van der Waals surface area contributed by atoms with Crippen molar-refractivity contribution in [1.29, 1.82) is 0 Å². The normalized spacial score (nSPS) is 12.5. The molecule has 0 fully saturated rings. The molecule has 2 heterocycles. The van der Waals surface area contributed by atoms with Crippen LogP contribution in [0.15, 0.2) is 12.4 Å². The smallest absolute Gasteiger partial charge is 0.115 e. The Balaban J connectivity index is 2.15. The molecule has 0 aliphatic rings. The van der Waals surface area contributed by atoms with Crippen LogP contribution in [0, 0.1) is 69.2 Å². The molecule has 31 heavy (non-hydrogen) atoms. The van der Waals surface area contributed by atoms with Crippen LogP contribution in [-0.4, -0.2) is 9.13 Å². The molecule has 2 nitrogen and oxygen atoms in total. The summed E-state index contributed by atoms with van der Waals surface area (Å²) in [5.74, 6) is 0. The van der Waals surface area contributed by atoms with E-state index in [0.717, 1.165) is 0 Å². The summed E-state index contributed by atoms with van der Waals surface area (Å²) in [4.78, 5) is 0. The van der Waals surface area contributed by atoms with E-state index >= 15 is 0 Å². The fraction of sp³-hybridized carbons (Fsp3) is 0.448. The number of aryl methyl sites for hydroxylation is 6. The lowest BCUT2D eigenvalue weighted by Crippen LogP contribution is -2.34. The summed E-state index contributed by atoms with van der Waals surface area (Å²) in [5.41, 5.74) is 16.5. The predicted octanol–water partition coefficient (Wildman–Crippen LogP) is 7.92. The molecule has 0 aliphatic heterocycles. The average Bonchev–Trinajstić information content (AvgIpc) is 3.25. The van der Waals surface area contributed by atoms with Gasteiger partial charge in [-0.1, -0.05) is 0 Å². The van der Waals surface area contributed by atoms with Gasteiger partial charge in [-0.15, -0.1) is 0 Å². The second kappa shape index (κ2) is 6.76. The first kappa shape index (κ1) is 21.7. The highest BCUT2D eigenvalue weighted by Crippen LogP contribution is 2.40. The zero-order valence-corrected chi connectivity index (χ0v) is 21.5. The molecule has 164 valence electrons. The van der Waals surface area contributed by atoms with E-state index in [1.807, 2.05) is 0 Å². The van der Waals surface area contributed by atoms with Crippen molar-refractivity contribution in [2.75, 3.05) is 0 Å². The van der Waals surface area contributed by atoms with Crippen molar-refractivity contribution >= 4 is 21.8 Å². The fourth-order valence-electron chi connectivity index (χ4n) is 5.78. The quantitative estimate of drug-likeness (QED) is 0.315. The first-order valence-electron chi connectivity index (χ1n) is 11.5. The molecule has 0 radical (unpaired) electrons. The molecule has 0 spiro atoms. The van der Waals surface area contributed by atoms with E-state index in [4.69, 9.17) is 0 Å². The first-order chi connectivity index (χ1) is 14.3. The lowest BCUT2D eigenvalue weighted by molar-refractivity contribution is 0.310. The molecule has 4 rings (SSSR count). The van der Waals surface area contributed by atoms with Crippen molar-refractivity contribution in [3.05, 3.63) is 68.0 Å². The van der Waals surface area contributed by atoms with Crippen LogP contribution >= 0.6 is 0 Å². The number of fused-ring (bicyclic) bond motifs is 2. The monoisotopic (exact) mass is 414 g/mol. The van der Waals surface area contributed by atoms with E-state index in [1.165, 1.54) is 77.4 Å². The van der Waals surface area contributed by atoms with E-state index in [2.05, 4.69) is 105 Å². The molecule has 0 unspecified atom stereocenters. The lowest BCUT2D eigenvalue weighted by atomic mass is 9.93. The fourth-order valence-corrected chi connectivity index (χ4v) is 5.78. The molecule has 4 aromatic rings. The van der Waals surface area contributed by atoms with Gasteiger partial charge in [-0.25, -0.2) is 0 Å². The van der Waals surface area contributed by atoms with Gasteiger partial charge < -0.3 is 9.13 Å². The number of hydrogen-bond donors (Lipinski definition) is 0. The third-order valence-corrected chi connectivity index (χ3v) is 8.40. The molecule has 0 saturated carbocycles. The highest BCUT2D eigenvalue weighted by molar-refractivity contribution is 5.93. The minimum Gasteiger partial charge on any atom is -0.323 e. The van der Waals surface area contributed by atoms with E-state index in [9.17, 15) is 0 Å². The molecule has 0 saturated heterocycles. The molecule has 0 aliphatic carbocycles. The molecule has 0 bridgehead atoms. The summed E-state index contributed by atoms with van der Waals surface area (Å²) in [6.45, 7) is 27.5. The topological polar surface area (TPSA) is 9.86 Å². The Hall–Kier alpha value is -2.48. The first-order valence-corrected chi connectivity index (χ1v) is 11.5. The zero-order valence-electron chi connectivity index (χ0n) is 21.5. The third kappa shape index (κ3) is 2.70. The maximum atomic E-state index is 2.52. The van der Waals surface area contributed by atoms with Crippen molar-refractivity contribution < 1.29 is 0 Å². The summed E-state index contributed by atoms with van der Waals surface area (Å²) in [6.07, 6.45) is 4.74. The van der Waals surface area contributed by atoms with E-state index < -0.39 is 0 Å². The van der Waals surface area contributed by atoms with Gasteiger partial charge in [-0.3, -0.25) is 0 Å². The number of hydrogen-bond acceptors (Lipinski definition) is 0. The van der Waals surface area contributed by atoms with Crippen LogP contribution in [0.1, 0.15) is 69.5 Å². The zero-order chi connectivity index (χ0) is 23.2. The van der Waals surface area contributed by atoms with E-state index in [0.29, 0.717) is 0 Å². The molecule has 2 aromatic heterocycles. The Bertz CT molecular complexity index is 1280. The summed E-state index contributed by atoms with van der Waals surface area (Å²) in [5, 5.41) is 2.84. The second-order valence-corrected chi connectivity index (χ2v) is 10.3. The number of rotatable bonds is 2. The van der Waals surface area contributed by atoms with Crippen LogP contribution in [0.5, 0.6) is 0 Å². The molecular weight excluding hydrogens is 376 g/mol. The van der Waals surface area contributed by atoms with E-state index in [1.54, 1.807) is 0 Å². The molecule has 0 N–H and O–H groups in total. The van der Waals surface area contributed by atoms with Gasteiger partial charge in [0.25, 0.3) is 0 Å². The summed E-state index contributed by atoms with van der Waals surface area (Å²) < 4.78 is 5.05. The predicted molar refractivity (Wildman–Crippen MR) is 136 cm³/mol. The van der Waals surface area contributed by atoms with Crippen LogP contribution in [0.2, 0.25) is 0 Å². The van der Waals surface area contributed by atoms with E-state index in [-0.39, 0.29) is 5.66 Å². The largest absolute Gasteiger partial charge is 0.323 e. The Morgan fingerprint density at radius 1 is 0.452 bits per heavy atom. The average molecular weight is 415 g/mol. The van der Waals surface area contributed by atoms with Crippen molar-refractivity contribution in [3.63, 3.8) is 0 Å². The Kier molecular flexibility index (Phi) is 4.74. The van der Waals surface area contributed by atoms with Crippen LogP contribution in [0.3, 0.4) is 0 Å². The maximum absolute atomic E-state index is 2.52. The van der Waals surface area contributed by atoms with Crippen molar-refractivity contribution in [1.82, 2.24) is 9.13 Å².